The molecular formula is C16H18N2O4. The van der Waals surface area contributed by atoms with Crippen LogP contribution in [0.15, 0.2) is 28.8 Å². The average Bonchev–Trinajstić information content (AvgIpc) is 2.82. The van der Waals surface area contributed by atoms with Crippen molar-refractivity contribution in [3.63, 3.8) is 0 Å². The number of nitrogens with zero attached hydrogens (tertiary/aromatic N) is 1. The predicted molar refractivity (Wildman–Crippen MR) is 79.5 cm³/mol. The van der Waals surface area contributed by atoms with Gasteiger partial charge < -0.3 is 14.9 Å². The summed E-state index contributed by atoms with van der Waals surface area (Å²) in [6.45, 7) is 4.05. The number of aromatic carboxylic acids is 1. The van der Waals surface area contributed by atoms with Gasteiger partial charge in [-0.05, 0) is 38.0 Å². The Morgan fingerprint density at radius 1 is 1.23 bits per heavy atom. The van der Waals surface area contributed by atoms with Gasteiger partial charge >= 0.3 is 5.97 Å². The normalized spacial score (nSPS) is 10.5. The lowest BCUT2D eigenvalue weighted by atomic mass is 10.1. The number of carbonyl (C=O) groups excluding carboxylic acids is 1. The lowest BCUT2D eigenvalue weighted by molar-refractivity contribution is -0.121. The van der Waals surface area contributed by atoms with Gasteiger partial charge in [0, 0.05) is 18.5 Å². The molecule has 0 aliphatic rings. The number of rotatable bonds is 6. The average molecular weight is 302 g/mol. The van der Waals surface area contributed by atoms with E-state index in [9.17, 15) is 9.59 Å². The van der Waals surface area contributed by atoms with Crippen molar-refractivity contribution in [2.24, 2.45) is 0 Å². The van der Waals surface area contributed by atoms with Gasteiger partial charge in [0.15, 0.2) is 0 Å². The molecule has 0 aliphatic heterocycles. The van der Waals surface area contributed by atoms with Crippen LogP contribution in [-0.2, 0) is 17.8 Å². The molecule has 0 unspecified atom stereocenters. The number of carbonyl (C=O) groups is 2. The number of benzene rings is 1. The number of nitrogens with one attached hydrogen (secondary N) is 1. The van der Waals surface area contributed by atoms with Crippen LogP contribution in [0.3, 0.4) is 0 Å². The maximum atomic E-state index is 11.9. The monoisotopic (exact) mass is 302 g/mol. The van der Waals surface area contributed by atoms with Gasteiger partial charge in [-0.3, -0.25) is 4.79 Å². The Labute approximate surface area is 128 Å². The van der Waals surface area contributed by atoms with E-state index < -0.39 is 5.97 Å². The number of carboxylic acids is 1. The SMILES string of the molecule is Cc1noc(C)c1CNC(=O)CCc1ccc(C(=O)O)cc1. The predicted octanol–water partition coefficient (Wildman–Crippen LogP) is 2.24. The van der Waals surface area contributed by atoms with Crippen LogP contribution in [0.5, 0.6) is 0 Å². The first-order chi connectivity index (χ1) is 10.5. The van der Waals surface area contributed by atoms with Crippen molar-refractivity contribution in [2.75, 3.05) is 0 Å². The van der Waals surface area contributed by atoms with E-state index in [1.54, 1.807) is 24.3 Å². The molecule has 0 spiro atoms. The standard InChI is InChI=1S/C16H18N2O4/c1-10-14(11(2)22-18-10)9-17-15(19)8-5-12-3-6-13(7-4-12)16(20)21/h3-4,6-7H,5,8-9H2,1-2H3,(H,17,19)(H,20,21). The summed E-state index contributed by atoms with van der Waals surface area (Å²) in [7, 11) is 0. The van der Waals surface area contributed by atoms with Gasteiger partial charge in [0.2, 0.25) is 5.91 Å². The van der Waals surface area contributed by atoms with Crippen LogP contribution < -0.4 is 5.32 Å². The zero-order valence-electron chi connectivity index (χ0n) is 12.5. The molecule has 1 heterocycles. The molecule has 0 bridgehead atoms. The molecule has 116 valence electrons. The quantitative estimate of drug-likeness (QED) is 0.853. The van der Waals surface area contributed by atoms with Crippen molar-refractivity contribution in [3.05, 3.63) is 52.4 Å². The highest BCUT2D eigenvalue weighted by atomic mass is 16.5. The second-order valence-electron chi connectivity index (χ2n) is 5.08. The smallest absolute Gasteiger partial charge is 0.335 e. The summed E-state index contributed by atoms with van der Waals surface area (Å²) in [4.78, 5) is 22.6. The van der Waals surface area contributed by atoms with E-state index in [1.165, 1.54) is 0 Å². The van der Waals surface area contributed by atoms with Crippen LogP contribution in [0.1, 0.15) is 39.4 Å². The topological polar surface area (TPSA) is 92.4 Å². The zero-order chi connectivity index (χ0) is 16.1. The number of hydrogen-bond donors (Lipinski definition) is 2. The Balaban J connectivity index is 1.81. The van der Waals surface area contributed by atoms with Gasteiger partial charge in [-0.25, -0.2) is 4.79 Å². The molecule has 2 N–H and O–H groups in total. The minimum Gasteiger partial charge on any atom is -0.478 e. The molecule has 2 aromatic rings. The summed E-state index contributed by atoms with van der Waals surface area (Å²) in [6.07, 6.45) is 0.906. The minimum absolute atomic E-state index is 0.0673. The summed E-state index contributed by atoms with van der Waals surface area (Å²) in [6, 6.07) is 6.54. The van der Waals surface area contributed by atoms with Gasteiger partial charge in [-0.1, -0.05) is 17.3 Å². The van der Waals surface area contributed by atoms with Gasteiger partial charge in [0.25, 0.3) is 0 Å². The molecule has 2 rings (SSSR count). The summed E-state index contributed by atoms with van der Waals surface area (Å²) < 4.78 is 5.04. The first-order valence-corrected chi connectivity index (χ1v) is 6.98. The molecule has 1 aromatic carbocycles. The van der Waals surface area contributed by atoms with Crippen LogP contribution >= 0.6 is 0 Å². The summed E-state index contributed by atoms with van der Waals surface area (Å²) in [5.41, 5.74) is 2.85. The molecule has 0 radical (unpaired) electrons. The van der Waals surface area contributed by atoms with Gasteiger partial charge in [-0.15, -0.1) is 0 Å². The zero-order valence-corrected chi connectivity index (χ0v) is 12.5. The Morgan fingerprint density at radius 3 is 2.45 bits per heavy atom. The number of aromatic nitrogens is 1. The highest BCUT2D eigenvalue weighted by molar-refractivity contribution is 5.87. The maximum Gasteiger partial charge on any atom is 0.335 e. The van der Waals surface area contributed by atoms with E-state index >= 15 is 0 Å². The first kappa shape index (κ1) is 15.8. The van der Waals surface area contributed by atoms with Crippen molar-refractivity contribution in [2.45, 2.75) is 33.2 Å². The highest BCUT2D eigenvalue weighted by Crippen LogP contribution is 2.12. The Hall–Kier alpha value is -2.63. The minimum atomic E-state index is -0.955. The molecule has 6 nitrogen and oxygen atoms in total. The molecule has 0 aliphatic carbocycles. The van der Waals surface area contributed by atoms with Crippen LogP contribution in [0, 0.1) is 13.8 Å². The van der Waals surface area contributed by atoms with Crippen molar-refractivity contribution < 1.29 is 19.2 Å². The molecule has 0 saturated carbocycles. The lowest BCUT2D eigenvalue weighted by Crippen LogP contribution is -2.23. The van der Waals surface area contributed by atoms with E-state index in [1.807, 2.05) is 13.8 Å². The fraction of sp³-hybridized carbons (Fsp3) is 0.312. The van der Waals surface area contributed by atoms with Crippen LogP contribution in [-0.4, -0.2) is 22.1 Å². The van der Waals surface area contributed by atoms with Crippen molar-refractivity contribution in [3.8, 4) is 0 Å². The van der Waals surface area contributed by atoms with Crippen LogP contribution in [0.25, 0.3) is 0 Å². The largest absolute Gasteiger partial charge is 0.478 e. The molecule has 1 aromatic heterocycles. The van der Waals surface area contributed by atoms with Crippen LogP contribution in [0.2, 0.25) is 0 Å². The van der Waals surface area contributed by atoms with Gasteiger partial charge in [0.1, 0.15) is 5.76 Å². The number of aryl methyl sites for hydroxylation is 3. The highest BCUT2D eigenvalue weighted by Gasteiger charge is 2.10. The fourth-order valence-electron chi connectivity index (χ4n) is 2.10. The third-order valence-corrected chi connectivity index (χ3v) is 3.49. The van der Waals surface area contributed by atoms with Crippen molar-refractivity contribution >= 4 is 11.9 Å². The van der Waals surface area contributed by atoms with Gasteiger partial charge in [0.05, 0.1) is 11.3 Å². The van der Waals surface area contributed by atoms with Crippen LogP contribution in [0.4, 0.5) is 0 Å². The molecule has 0 atom stereocenters. The maximum absolute atomic E-state index is 11.9. The molecule has 0 fully saturated rings. The third kappa shape index (κ3) is 3.94. The molecule has 6 heteroatoms. The van der Waals surface area contributed by atoms with E-state index in [-0.39, 0.29) is 11.5 Å². The number of hydrogen-bond acceptors (Lipinski definition) is 4. The fourth-order valence-corrected chi connectivity index (χ4v) is 2.10. The Morgan fingerprint density at radius 2 is 1.91 bits per heavy atom. The summed E-state index contributed by atoms with van der Waals surface area (Å²) in [5, 5.41) is 15.5. The Kier molecular flexibility index (Phi) is 4.93. The molecule has 1 amide bonds. The third-order valence-electron chi connectivity index (χ3n) is 3.49. The lowest BCUT2D eigenvalue weighted by Gasteiger charge is -2.05. The van der Waals surface area contributed by atoms with E-state index in [4.69, 9.17) is 9.63 Å². The second-order valence-corrected chi connectivity index (χ2v) is 5.08. The van der Waals surface area contributed by atoms with E-state index in [2.05, 4.69) is 10.5 Å². The molecular weight excluding hydrogens is 284 g/mol. The Bertz CT molecular complexity index is 654. The van der Waals surface area contributed by atoms with E-state index in [0.717, 1.165) is 16.8 Å². The number of amides is 1. The molecule has 0 saturated heterocycles. The summed E-state index contributed by atoms with van der Waals surface area (Å²) >= 11 is 0. The molecule has 22 heavy (non-hydrogen) atoms. The van der Waals surface area contributed by atoms with E-state index in [0.29, 0.717) is 25.1 Å². The van der Waals surface area contributed by atoms with Crippen molar-refractivity contribution in [1.29, 1.82) is 0 Å². The summed E-state index contributed by atoms with van der Waals surface area (Å²) in [5.74, 6) is -0.312. The van der Waals surface area contributed by atoms with Gasteiger partial charge in [-0.2, -0.15) is 0 Å². The van der Waals surface area contributed by atoms with Crippen molar-refractivity contribution in [1.82, 2.24) is 10.5 Å². The second kappa shape index (κ2) is 6.89. The number of carboxylic acid groups (broad SMARTS) is 1. The first-order valence-electron chi connectivity index (χ1n) is 6.98.